The van der Waals surface area contributed by atoms with E-state index in [1.807, 2.05) is 12.1 Å². The van der Waals surface area contributed by atoms with Gasteiger partial charge < -0.3 is 15.2 Å². The number of ether oxygens (including phenoxy) is 2. The van der Waals surface area contributed by atoms with Gasteiger partial charge in [0.15, 0.2) is 11.5 Å². The second-order valence-corrected chi connectivity index (χ2v) is 6.19. The van der Waals surface area contributed by atoms with Crippen molar-refractivity contribution in [2.75, 3.05) is 14.2 Å². The molecule has 1 aliphatic rings. The van der Waals surface area contributed by atoms with Gasteiger partial charge in [0.2, 0.25) is 0 Å². The van der Waals surface area contributed by atoms with Gasteiger partial charge in [0.1, 0.15) is 0 Å². The van der Waals surface area contributed by atoms with Crippen LogP contribution >= 0.6 is 11.6 Å². The van der Waals surface area contributed by atoms with Crippen molar-refractivity contribution in [3.05, 3.63) is 22.7 Å². The van der Waals surface area contributed by atoms with Crippen LogP contribution in [0.15, 0.2) is 12.1 Å². The summed E-state index contributed by atoms with van der Waals surface area (Å²) in [6, 6.07) is 3.87. The van der Waals surface area contributed by atoms with Gasteiger partial charge in [-0.25, -0.2) is 0 Å². The second-order valence-electron chi connectivity index (χ2n) is 5.78. The quantitative estimate of drug-likeness (QED) is 0.906. The van der Waals surface area contributed by atoms with Gasteiger partial charge in [-0.2, -0.15) is 0 Å². The average molecular weight is 298 g/mol. The number of methoxy groups -OCH3 is 2. The monoisotopic (exact) mass is 297 g/mol. The van der Waals surface area contributed by atoms with Gasteiger partial charge in [-0.3, -0.25) is 0 Å². The summed E-state index contributed by atoms with van der Waals surface area (Å²) < 4.78 is 10.6. The first-order valence-electron chi connectivity index (χ1n) is 7.23. The molecule has 0 heterocycles. The Morgan fingerprint density at radius 3 is 2.35 bits per heavy atom. The molecule has 0 saturated heterocycles. The molecule has 1 unspecified atom stereocenters. The highest BCUT2D eigenvalue weighted by Gasteiger charge is 2.26. The first-order valence-corrected chi connectivity index (χ1v) is 7.61. The van der Waals surface area contributed by atoms with Gasteiger partial charge in [-0.15, -0.1) is 0 Å². The molecule has 112 valence electrons. The Labute approximate surface area is 126 Å². The fourth-order valence-electron chi connectivity index (χ4n) is 3.05. The lowest BCUT2D eigenvalue weighted by atomic mass is 9.77. The molecule has 1 aromatic carbocycles. The minimum Gasteiger partial charge on any atom is -0.493 e. The van der Waals surface area contributed by atoms with E-state index in [1.165, 1.54) is 25.7 Å². The standard InChI is InChI=1S/C16H24ClNO2/c1-10-4-6-11(7-5-10)15(18)12-8-13(17)16(20-3)14(9-12)19-2/h8-11,15H,4-7,18H2,1-3H3. The normalized spacial score (nSPS) is 24.2. The minimum atomic E-state index is 0.0137. The van der Waals surface area contributed by atoms with Crippen LogP contribution in [0.25, 0.3) is 0 Å². The van der Waals surface area contributed by atoms with Crippen LogP contribution in [-0.2, 0) is 0 Å². The summed E-state index contributed by atoms with van der Waals surface area (Å²) in [7, 11) is 3.21. The van der Waals surface area contributed by atoms with Crippen LogP contribution < -0.4 is 15.2 Å². The summed E-state index contributed by atoms with van der Waals surface area (Å²) >= 11 is 6.26. The van der Waals surface area contributed by atoms with Crippen molar-refractivity contribution in [3.8, 4) is 11.5 Å². The maximum Gasteiger partial charge on any atom is 0.179 e. The Balaban J connectivity index is 2.21. The zero-order valence-electron chi connectivity index (χ0n) is 12.5. The molecule has 0 spiro atoms. The fourth-order valence-corrected chi connectivity index (χ4v) is 3.34. The Morgan fingerprint density at radius 2 is 1.80 bits per heavy atom. The fraction of sp³-hybridized carbons (Fsp3) is 0.625. The third kappa shape index (κ3) is 3.21. The lowest BCUT2D eigenvalue weighted by molar-refractivity contribution is 0.255. The zero-order valence-corrected chi connectivity index (χ0v) is 13.2. The summed E-state index contributed by atoms with van der Waals surface area (Å²) in [6.45, 7) is 2.31. The second kappa shape index (κ2) is 6.68. The highest BCUT2D eigenvalue weighted by atomic mass is 35.5. The molecular formula is C16H24ClNO2. The van der Waals surface area contributed by atoms with E-state index < -0.39 is 0 Å². The summed E-state index contributed by atoms with van der Waals surface area (Å²) in [5.74, 6) is 2.57. The predicted octanol–water partition coefficient (Wildman–Crippen LogP) is 4.18. The van der Waals surface area contributed by atoms with Gasteiger partial charge in [0.25, 0.3) is 0 Å². The molecule has 1 fully saturated rings. The highest BCUT2D eigenvalue weighted by molar-refractivity contribution is 6.32. The molecule has 1 saturated carbocycles. The molecule has 1 aromatic rings. The van der Waals surface area contributed by atoms with Crippen LogP contribution in [-0.4, -0.2) is 14.2 Å². The van der Waals surface area contributed by atoms with Crippen LogP contribution in [0.2, 0.25) is 5.02 Å². The molecule has 0 aliphatic heterocycles. The van der Waals surface area contributed by atoms with E-state index in [9.17, 15) is 0 Å². The van der Waals surface area contributed by atoms with Gasteiger partial charge >= 0.3 is 0 Å². The van der Waals surface area contributed by atoms with E-state index in [0.29, 0.717) is 22.4 Å². The van der Waals surface area contributed by atoms with Gasteiger partial charge in [0, 0.05) is 6.04 Å². The van der Waals surface area contributed by atoms with Crippen LogP contribution in [0.4, 0.5) is 0 Å². The SMILES string of the molecule is COc1cc(C(N)C2CCC(C)CC2)cc(Cl)c1OC. The van der Waals surface area contributed by atoms with Crippen molar-refractivity contribution in [2.24, 2.45) is 17.6 Å². The van der Waals surface area contributed by atoms with Crippen molar-refractivity contribution in [3.63, 3.8) is 0 Å². The average Bonchev–Trinajstić information content (AvgIpc) is 2.46. The highest BCUT2D eigenvalue weighted by Crippen LogP contribution is 2.41. The molecule has 0 amide bonds. The van der Waals surface area contributed by atoms with E-state index in [0.717, 1.165) is 11.5 Å². The van der Waals surface area contributed by atoms with Crippen molar-refractivity contribution in [2.45, 2.75) is 38.6 Å². The number of hydrogen-bond acceptors (Lipinski definition) is 3. The van der Waals surface area contributed by atoms with Crippen LogP contribution in [0.3, 0.4) is 0 Å². The molecule has 0 aromatic heterocycles. The number of hydrogen-bond donors (Lipinski definition) is 1. The number of halogens is 1. The number of nitrogens with two attached hydrogens (primary N) is 1. The zero-order chi connectivity index (χ0) is 14.7. The Hall–Kier alpha value is -0.930. The molecule has 2 rings (SSSR count). The molecule has 0 radical (unpaired) electrons. The van der Waals surface area contributed by atoms with E-state index >= 15 is 0 Å². The molecule has 20 heavy (non-hydrogen) atoms. The molecule has 2 N–H and O–H groups in total. The largest absolute Gasteiger partial charge is 0.493 e. The first kappa shape index (κ1) is 15.5. The summed E-state index contributed by atoms with van der Waals surface area (Å²) in [5.41, 5.74) is 7.48. The van der Waals surface area contributed by atoms with E-state index in [1.54, 1.807) is 14.2 Å². The summed E-state index contributed by atoms with van der Waals surface area (Å²) in [5, 5.41) is 0.557. The Kier molecular flexibility index (Phi) is 5.17. The lowest BCUT2D eigenvalue weighted by Crippen LogP contribution is -2.25. The van der Waals surface area contributed by atoms with Gasteiger partial charge in [-0.1, -0.05) is 31.4 Å². The molecule has 3 nitrogen and oxygen atoms in total. The number of benzene rings is 1. The maximum atomic E-state index is 6.44. The lowest BCUT2D eigenvalue weighted by Gasteiger charge is -2.31. The van der Waals surface area contributed by atoms with Crippen molar-refractivity contribution >= 4 is 11.6 Å². The smallest absolute Gasteiger partial charge is 0.179 e. The molecule has 0 bridgehead atoms. The van der Waals surface area contributed by atoms with E-state index in [-0.39, 0.29) is 6.04 Å². The van der Waals surface area contributed by atoms with Crippen LogP contribution in [0.1, 0.15) is 44.2 Å². The third-order valence-electron chi connectivity index (χ3n) is 4.41. The third-order valence-corrected chi connectivity index (χ3v) is 4.69. The topological polar surface area (TPSA) is 44.5 Å². The van der Waals surface area contributed by atoms with Gasteiger partial charge in [0.05, 0.1) is 19.2 Å². The van der Waals surface area contributed by atoms with Crippen molar-refractivity contribution in [1.82, 2.24) is 0 Å². The Bertz CT molecular complexity index is 456. The maximum absolute atomic E-state index is 6.44. The summed E-state index contributed by atoms with van der Waals surface area (Å²) in [6.07, 6.45) is 4.90. The van der Waals surface area contributed by atoms with Crippen molar-refractivity contribution < 1.29 is 9.47 Å². The molecule has 1 aliphatic carbocycles. The van der Waals surface area contributed by atoms with Crippen molar-refractivity contribution in [1.29, 1.82) is 0 Å². The van der Waals surface area contributed by atoms with Gasteiger partial charge in [-0.05, 0) is 42.4 Å². The summed E-state index contributed by atoms with van der Waals surface area (Å²) in [4.78, 5) is 0. The van der Waals surface area contributed by atoms with E-state index in [2.05, 4.69) is 6.92 Å². The Morgan fingerprint density at radius 1 is 1.15 bits per heavy atom. The molecule has 4 heteroatoms. The van der Waals surface area contributed by atoms with Crippen LogP contribution in [0.5, 0.6) is 11.5 Å². The first-order chi connectivity index (χ1) is 9.56. The van der Waals surface area contributed by atoms with E-state index in [4.69, 9.17) is 26.8 Å². The molecular weight excluding hydrogens is 274 g/mol. The minimum absolute atomic E-state index is 0.0137. The predicted molar refractivity (Wildman–Crippen MR) is 82.6 cm³/mol. The molecule has 1 atom stereocenters. The number of rotatable bonds is 4. The van der Waals surface area contributed by atoms with Crippen LogP contribution in [0, 0.1) is 11.8 Å².